The molecule has 19 nitrogen and oxygen atoms in total. The number of nitrogens with two attached hydrogens (primary N) is 1. The standard InChI is InChI=1S/C12H18N2O3.C12H17NO4.C12H17NO3.C8H13NO3.C6H10O/c1-4-6-10-9(7-15)8(5-2)11(14(10)13)12(16)17-3;1-4-6-10-9(7-14)8(5-2)11(13(10)16)12(15)17-3;1-4-6-10-9(7-14)8(5-2)11(13-10)12(15)16-3;1-4-6(10)7(9-12)8(11)5(2)3;1-2-3-4-5-6-7/h7H,4-6,13H2,1-3H3;7,16H,4-6H2,1-3H3;7,13H,4-6H2,1-3H3;5,11H,4H2,1-3H3;4-6H,2-3H2,1H3/b;;;;5-4+. The van der Waals surface area contributed by atoms with Crippen LogP contribution in [0.25, 0.3) is 0 Å². The van der Waals surface area contributed by atoms with E-state index in [-0.39, 0.29) is 35.2 Å². The Morgan fingerprint density at radius 3 is 1.54 bits per heavy atom. The number of rotatable bonds is 22. The van der Waals surface area contributed by atoms with Gasteiger partial charge in [-0.2, -0.15) is 4.73 Å². The van der Waals surface area contributed by atoms with E-state index in [1.165, 1.54) is 32.1 Å². The molecule has 0 aromatic carbocycles. The number of aromatic nitrogens is 3. The molecule has 0 aliphatic heterocycles. The van der Waals surface area contributed by atoms with Gasteiger partial charge >= 0.3 is 17.9 Å². The number of aromatic amines is 1. The minimum atomic E-state index is -0.630. The van der Waals surface area contributed by atoms with E-state index >= 15 is 0 Å². The fraction of sp³-hybridized carbons (Fsp3) is 0.520. The molecule has 0 amide bonds. The normalized spacial score (nSPS) is 10.6. The number of methoxy groups -OCH3 is 3. The first-order valence-electron chi connectivity index (χ1n) is 23.1. The maximum Gasteiger partial charge on any atom is 0.358 e. The fourth-order valence-corrected chi connectivity index (χ4v) is 6.82. The molecule has 5 N–H and O–H groups in total. The van der Waals surface area contributed by atoms with Crippen molar-refractivity contribution in [2.75, 3.05) is 27.2 Å². The van der Waals surface area contributed by atoms with Crippen molar-refractivity contribution in [1.82, 2.24) is 14.4 Å². The van der Waals surface area contributed by atoms with Crippen molar-refractivity contribution in [2.24, 2.45) is 11.1 Å². The lowest BCUT2D eigenvalue weighted by Gasteiger charge is -2.05. The lowest BCUT2D eigenvalue weighted by atomic mass is 10.1. The van der Waals surface area contributed by atoms with Gasteiger partial charge in [0.15, 0.2) is 41.7 Å². The highest BCUT2D eigenvalue weighted by atomic mass is 16.5. The second-order valence-corrected chi connectivity index (χ2v) is 15.2. The summed E-state index contributed by atoms with van der Waals surface area (Å²) in [6, 6.07) is 0. The SMILES string of the molecule is CCC(=O)C(N=O)=C(O)C(C)C.CCC/C=C/C=O.CCCc1[nH]c(C(=O)OC)c(CC)c1C=O.CCCc1c(C=O)c(CC)c(C(=O)OC)n1N.CCCc1c(C=O)c(CC)c(C(=O)OC)n1O. The molecule has 19 heteroatoms. The summed E-state index contributed by atoms with van der Waals surface area (Å²) in [6.07, 6.45) is 15.0. The van der Waals surface area contributed by atoms with Crippen molar-refractivity contribution < 1.29 is 62.9 Å². The van der Waals surface area contributed by atoms with Crippen molar-refractivity contribution in [3.05, 3.63) is 96.1 Å². The molecule has 0 saturated heterocycles. The third-order valence-corrected chi connectivity index (χ3v) is 10.2. The summed E-state index contributed by atoms with van der Waals surface area (Å²) < 4.78 is 16.1. The summed E-state index contributed by atoms with van der Waals surface area (Å²) >= 11 is 0. The van der Waals surface area contributed by atoms with Crippen LogP contribution in [0.5, 0.6) is 0 Å². The smallest absolute Gasteiger partial charge is 0.358 e. The van der Waals surface area contributed by atoms with Gasteiger partial charge in [-0.3, -0.25) is 28.6 Å². The van der Waals surface area contributed by atoms with Gasteiger partial charge in [-0.1, -0.05) is 101 Å². The van der Waals surface area contributed by atoms with Crippen LogP contribution in [0.3, 0.4) is 0 Å². The second-order valence-electron chi connectivity index (χ2n) is 15.2. The Hall–Kier alpha value is -6.92. The molecular weight excluding hydrogens is 895 g/mol. The van der Waals surface area contributed by atoms with Gasteiger partial charge in [0.05, 0.1) is 32.7 Å². The number of hydrogen-bond donors (Lipinski definition) is 4. The van der Waals surface area contributed by atoms with Crippen molar-refractivity contribution in [1.29, 1.82) is 0 Å². The van der Waals surface area contributed by atoms with Crippen LogP contribution in [0.15, 0.2) is 28.8 Å². The number of Topliss-reactive ketones (excluding diaryl/α,β-unsaturated/α-hetero) is 1. The largest absolute Gasteiger partial charge is 0.510 e. The molecule has 0 unspecified atom stereocenters. The molecule has 3 aromatic heterocycles. The van der Waals surface area contributed by atoms with E-state index in [4.69, 9.17) is 10.6 Å². The number of nitrogen functional groups attached to an aromatic ring is 1. The van der Waals surface area contributed by atoms with Crippen LogP contribution < -0.4 is 5.84 Å². The molecule has 3 rings (SSSR count). The van der Waals surface area contributed by atoms with Crippen LogP contribution in [0.2, 0.25) is 0 Å². The third-order valence-electron chi connectivity index (χ3n) is 10.2. The molecule has 0 saturated carbocycles. The number of aliphatic hydroxyl groups excluding tert-OH is 1. The number of aryl methyl sites for hydroxylation is 1. The van der Waals surface area contributed by atoms with E-state index in [0.717, 1.165) is 73.4 Å². The average Bonchev–Trinajstić information content (AvgIpc) is 3.96. The molecule has 0 radical (unpaired) electrons. The van der Waals surface area contributed by atoms with Crippen LogP contribution in [-0.4, -0.2) is 94.9 Å². The third kappa shape index (κ3) is 18.3. The minimum Gasteiger partial charge on any atom is -0.510 e. The van der Waals surface area contributed by atoms with Gasteiger partial charge in [-0.15, -0.1) is 4.91 Å². The first-order valence-corrected chi connectivity index (χ1v) is 23.1. The lowest BCUT2D eigenvalue weighted by molar-refractivity contribution is -0.115. The van der Waals surface area contributed by atoms with E-state index < -0.39 is 23.7 Å². The van der Waals surface area contributed by atoms with E-state index in [1.807, 2.05) is 47.6 Å². The number of hydrogen-bond acceptors (Lipinski definition) is 16. The maximum atomic E-state index is 11.7. The predicted molar refractivity (Wildman–Crippen MR) is 263 cm³/mol. The number of ketones is 1. The molecule has 69 heavy (non-hydrogen) atoms. The molecule has 384 valence electrons. The first kappa shape index (κ1) is 64.2. The van der Waals surface area contributed by atoms with E-state index in [0.29, 0.717) is 83.3 Å². The highest BCUT2D eigenvalue weighted by Gasteiger charge is 2.27. The Bertz CT molecular complexity index is 2140. The van der Waals surface area contributed by atoms with Crippen molar-refractivity contribution in [3.63, 3.8) is 0 Å². The Morgan fingerprint density at radius 1 is 0.681 bits per heavy atom. The number of aldehydes is 4. The second kappa shape index (κ2) is 35.3. The van der Waals surface area contributed by atoms with Gasteiger partial charge < -0.3 is 35.4 Å². The molecule has 0 aliphatic rings. The minimum absolute atomic E-state index is 0.0561. The molecule has 0 spiro atoms. The Labute approximate surface area is 405 Å². The number of carbonyl (C=O) groups excluding carboxylic acids is 8. The van der Waals surface area contributed by atoms with Crippen molar-refractivity contribution in [3.8, 4) is 0 Å². The zero-order valence-electron chi connectivity index (χ0n) is 42.7. The molecule has 3 aromatic rings. The highest BCUT2D eigenvalue weighted by Crippen LogP contribution is 2.25. The summed E-state index contributed by atoms with van der Waals surface area (Å²) in [5, 5.41) is 21.7. The summed E-state index contributed by atoms with van der Waals surface area (Å²) in [5.74, 6) is 3.44. The number of nitrogens with zero attached hydrogens (tertiary/aromatic N) is 3. The topological polar surface area (TPSA) is 286 Å². The molecule has 3 heterocycles. The molecule has 0 aliphatic carbocycles. The maximum absolute atomic E-state index is 11.7. The molecule has 0 fully saturated rings. The monoisotopic (exact) mass is 970 g/mol. The summed E-state index contributed by atoms with van der Waals surface area (Å²) in [5.41, 5.74) is 5.90. The van der Waals surface area contributed by atoms with Gasteiger partial charge in [-0.25, -0.2) is 14.4 Å². The lowest BCUT2D eigenvalue weighted by Crippen LogP contribution is -2.20. The van der Waals surface area contributed by atoms with Crippen molar-refractivity contribution in [2.45, 2.75) is 146 Å². The summed E-state index contributed by atoms with van der Waals surface area (Å²) in [7, 11) is 3.88. The molecular formula is C50H75N5O14. The number of nitrogens with one attached hydrogen (secondary N) is 1. The van der Waals surface area contributed by atoms with Crippen LogP contribution in [0, 0.1) is 10.8 Å². The Balaban J connectivity index is 0. The number of carbonyl (C=O) groups is 8. The number of ether oxygens (including phenoxy) is 3. The highest BCUT2D eigenvalue weighted by molar-refractivity contribution is 5.96. The van der Waals surface area contributed by atoms with Crippen LogP contribution in [0.1, 0.15) is 204 Å². The first-order chi connectivity index (χ1) is 32.9. The predicted octanol–water partition coefficient (Wildman–Crippen LogP) is 8.98. The molecule has 0 bridgehead atoms. The van der Waals surface area contributed by atoms with Crippen LogP contribution >= 0.6 is 0 Å². The molecule has 0 atom stereocenters. The number of esters is 3. The fourth-order valence-electron chi connectivity index (χ4n) is 6.82. The number of nitroso groups, excluding NO2 is 1. The number of unbranched alkanes of at least 4 members (excludes halogenated alkanes) is 1. The van der Waals surface area contributed by atoms with Gasteiger partial charge in [0.2, 0.25) is 0 Å². The van der Waals surface area contributed by atoms with E-state index in [2.05, 4.69) is 26.6 Å². The van der Waals surface area contributed by atoms with E-state index in [9.17, 15) is 53.6 Å². The Kier molecular flexibility index (Phi) is 32.8. The zero-order chi connectivity index (χ0) is 53.4. The van der Waals surface area contributed by atoms with Gasteiger partial charge in [-0.05, 0) is 72.9 Å². The zero-order valence-corrected chi connectivity index (χ0v) is 42.7. The van der Waals surface area contributed by atoms with Crippen LogP contribution in [0.4, 0.5) is 0 Å². The van der Waals surface area contributed by atoms with E-state index in [1.54, 1.807) is 20.8 Å². The Morgan fingerprint density at radius 2 is 1.14 bits per heavy atom. The quantitative estimate of drug-likeness (QED) is 0.0107. The number of allylic oxidation sites excluding steroid dienone is 4. The van der Waals surface area contributed by atoms with Gasteiger partial charge in [0.1, 0.15) is 17.7 Å². The number of H-pyrrole nitrogens is 1. The van der Waals surface area contributed by atoms with Gasteiger partial charge in [0, 0.05) is 34.7 Å². The summed E-state index contributed by atoms with van der Waals surface area (Å²) in [6.45, 7) is 18.6. The van der Waals surface area contributed by atoms with Crippen LogP contribution in [-0.2, 0) is 62.3 Å². The van der Waals surface area contributed by atoms with Gasteiger partial charge in [0.25, 0.3) is 0 Å². The van der Waals surface area contributed by atoms with Crippen molar-refractivity contribution >= 4 is 48.8 Å². The number of aliphatic hydroxyl groups is 1. The summed E-state index contributed by atoms with van der Waals surface area (Å²) in [4.78, 5) is 102. The average molecular weight is 970 g/mol.